The summed E-state index contributed by atoms with van der Waals surface area (Å²) in [4.78, 5) is 19.7. The van der Waals surface area contributed by atoms with E-state index in [9.17, 15) is 4.79 Å². The molecule has 1 saturated carbocycles. The van der Waals surface area contributed by atoms with Crippen molar-refractivity contribution in [2.75, 3.05) is 44.8 Å². The molecule has 1 aromatic heterocycles. The minimum atomic E-state index is 0. The summed E-state index contributed by atoms with van der Waals surface area (Å²) >= 11 is 1.57. The molecule has 6 nitrogen and oxygen atoms in total. The Morgan fingerprint density at radius 3 is 2.49 bits per heavy atom. The van der Waals surface area contributed by atoms with Crippen molar-refractivity contribution in [2.24, 2.45) is 0 Å². The Morgan fingerprint density at radius 2 is 1.76 bits per heavy atom. The van der Waals surface area contributed by atoms with Crippen molar-refractivity contribution in [3.63, 3.8) is 0 Å². The van der Waals surface area contributed by atoms with Gasteiger partial charge < -0.3 is 19.1 Å². The lowest BCUT2D eigenvalue weighted by Crippen LogP contribution is -2.36. The maximum Gasteiger partial charge on any atom is 0.268 e. The zero-order valence-corrected chi connectivity index (χ0v) is 22.7. The van der Waals surface area contributed by atoms with E-state index in [1.165, 1.54) is 12.8 Å². The molecule has 0 bridgehead atoms. The average Bonchev–Trinajstić information content (AvgIpc) is 3.37. The zero-order chi connectivity index (χ0) is 24.5. The highest BCUT2D eigenvalue weighted by atomic mass is 35.5. The first-order valence-electron chi connectivity index (χ1n) is 12.9. The predicted octanol–water partition coefficient (Wildman–Crippen LogP) is 6.06. The van der Waals surface area contributed by atoms with Crippen LogP contribution in [0.4, 0.5) is 5.69 Å². The Bertz CT molecular complexity index is 1240. The van der Waals surface area contributed by atoms with Gasteiger partial charge in [0, 0.05) is 29.7 Å². The van der Waals surface area contributed by atoms with Gasteiger partial charge in [-0.2, -0.15) is 0 Å². The Kier molecular flexibility index (Phi) is 7.93. The van der Waals surface area contributed by atoms with Gasteiger partial charge in [-0.15, -0.1) is 23.7 Å². The summed E-state index contributed by atoms with van der Waals surface area (Å²) < 4.78 is 17.5. The van der Waals surface area contributed by atoms with Crippen LogP contribution in [-0.4, -0.2) is 56.8 Å². The van der Waals surface area contributed by atoms with E-state index in [4.69, 9.17) is 14.2 Å². The number of rotatable bonds is 9. The van der Waals surface area contributed by atoms with Crippen LogP contribution in [0.15, 0.2) is 48.5 Å². The monoisotopic (exact) mass is 540 g/mol. The third-order valence-corrected chi connectivity index (χ3v) is 8.36. The number of hydrogen-bond donors (Lipinski definition) is 0. The summed E-state index contributed by atoms with van der Waals surface area (Å²) in [5.74, 6) is 2.35. The van der Waals surface area contributed by atoms with E-state index in [2.05, 4.69) is 23.1 Å². The summed E-state index contributed by atoms with van der Waals surface area (Å²) in [6.45, 7) is 4.52. The zero-order valence-electron chi connectivity index (χ0n) is 21.1. The van der Waals surface area contributed by atoms with Crippen molar-refractivity contribution < 1.29 is 19.0 Å². The number of fused-ring (bicyclic) bond motifs is 1. The Hall–Kier alpha value is -2.74. The number of ether oxygens (including phenoxy) is 3. The van der Waals surface area contributed by atoms with Gasteiger partial charge in [0.1, 0.15) is 12.4 Å². The van der Waals surface area contributed by atoms with Crippen LogP contribution in [0.1, 0.15) is 40.9 Å². The second-order valence-electron chi connectivity index (χ2n) is 9.75. The number of amides is 1. The molecule has 2 aliphatic heterocycles. The van der Waals surface area contributed by atoms with Crippen LogP contribution in [0.25, 0.3) is 10.4 Å². The number of likely N-dealkylation sites (tertiary alicyclic amines) is 1. The van der Waals surface area contributed by atoms with Crippen molar-refractivity contribution in [3.05, 3.63) is 59.0 Å². The van der Waals surface area contributed by atoms with E-state index in [-0.39, 0.29) is 18.3 Å². The molecule has 2 fully saturated rings. The number of benzene rings is 2. The second kappa shape index (κ2) is 11.3. The molecule has 3 aromatic rings. The highest BCUT2D eigenvalue weighted by Gasteiger charge is 2.29. The molecule has 1 amide bonds. The van der Waals surface area contributed by atoms with Gasteiger partial charge in [0.05, 0.1) is 18.1 Å². The Balaban J connectivity index is 0.00000280. The summed E-state index contributed by atoms with van der Waals surface area (Å²) in [5.41, 5.74) is 3.09. The summed E-state index contributed by atoms with van der Waals surface area (Å²) in [7, 11) is 1.65. The molecule has 6 rings (SSSR count). The molecular weight excluding hydrogens is 508 g/mol. The van der Waals surface area contributed by atoms with Crippen LogP contribution >= 0.6 is 23.7 Å². The molecule has 0 radical (unpaired) electrons. The van der Waals surface area contributed by atoms with Crippen LogP contribution in [-0.2, 0) is 6.42 Å². The van der Waals surface area contributed by atoms with Crippen LogP contribution < -0.4 is 19.1 Å². The van der Waals surface area contributed by atoms with E-state index >= 15 is 0 Å². The number of hydrogen-bond acceptors (Lipinski definition) is 6. The first kappa shape index (κ1) is 25.9. The maximum atomic E-state index is 13.5. The van der Waals surface area contributed by atoms with Crippen molar-refractivity contribution in [2.45, 2.75) is 38.2 Å². The van der Waals surface area contributed by atoms with Gasteiger partial charge >= 0.3 is 0 Å². The molecule has 8 heteroatoms. The fourth-order valence-electron chi connectivity index (χ4n) is 4.95. The lowest BCUT2D eigenvalue weighted by molar-refractivity contribution is 0.0985. The number of halogens is 1. The topological polar surface area (TPSA) is 51.2 Å². The third-order valence-electron chi connectivity index (χ3n) is 7.14. The van der Waals surface area contributed by atoms with Gasteiger partial charge in [-0.05, 0) is 98.8 Å². The van der Waals surface area contributed by atoms with Crippen molar-refractivity contribution >= 4 is 35.3 Å². The summed E-state index contributed by atoms with van der Waals surface area (Å²) in [6.07, 6.45) is 6.07. The molecule has 0 N–H and O–H groups in total. The SMILES string of the molecule is COc1cc(N2CCc3cc(-c4ccc(OC5CC5)cc4)sc3C2=O)ccc1OCCN1CCCC1.Cl. The van der Waals surface area contributed by atoms with Gasteiger partial charge in [0.25, 0.3) is 5.91 Å². The summed E-state index contributed by atoms with van der Waals surface area (Å²) in [5, 5.41) is 0. The molecule has 2 aromatic carbocycles. The molecule has 0 spiro atoms. The van der Waals surface area contributed by atoms with Gasteiger partial charge in [-0.1, -0.05) is 0 Å². The average molecular weight is 541 g/mol. The van der Waals surface area contributed by atoms with Gasteiger partial charge in [0.2, 0.25) is 0 Å². The normalized spacial score (nSPS) is 17.3. The molecular formula is C29H33ClN2O4S. The first-order chi connectivity index (χ1) is 17.7. The molecule has 3 aliphatic rings. The largest absolute Gasteiger partial charge is 0.493 e. The number of carbonyl (C=O) groups is 1. The molecule has 0 unspecified atom stereocenters. The minimum absolute atomic E-state index is 0. The van der Waals surface area contributed by atoms with Crippen molar-refractivity contribution in [3.8, 4) is 27.7 Å². The van der Waals surface area contributed by atoms with Crippen molar-refractivity contribution in [1.82, 2.24) is 4.90 Å². The lowest BCUT2D eigenvalue weighted by atomic mass is 10.1. The van der Waals surface area contributed by atoms with Crippen LogP contribution in [0.5, 0.6) is 17.2 Å². The van der Waals surface area contributed by atoms with Crippen LogP contribution in [0, 0.1) is 0 Å². The minimum Gasteiger partial charge on any atom is -0.493 e. The number of anilines is 1. The van der Waals surface area contributed by atoms with Crippen LogP contribution in [0.3, 0.4) is 0 Å². The van der Waals surface area contributed by atoms with E-state index in [1.54, 1.807) is 18.4 Å². The van der Waals surface area contributed by atoms with E-state index in [0.29, 0.717) is 25.0 Å². The smallest absolute Gasteiger partial charge is 0.268 e. The summed E-state index contributed by atoms with van der Waals surface area (Å²) in [6, 6.07) is 16.2. The molecule has 1 saturated heterocycles. The second-order valence-corrected chi connectivity index (χ2v) is 10.8. The van der Waals surface area contributed by atoms with Gasteiger partial charge in [-0.3, -0.25) is 9.69 Å². The maximum absolute atomic E-state index is 13.5. The fraction of sp³-hybridized carbons (Fsp3) is 0.414. The molecule has 1 aliphatic carbocycles. The number of methoxy groups -OCH3 is 1. The van der Waals surface area contributed by atoms with Crippen LogP contribution in [0.2, 0.25) is 0 Å². The first-order valence-corrected chi connectivity index (χ1v) is 13.7. The van der Waals surface area contributed by atoms with E-state index in [0.717, 1.165) is 77.0 Å². The fourth-order valence-corrected chi connectivity index (χ4v) is 6.12. The molecule has 3 heterocycles. The van der Waals surface area contributed by atoms with Crippen molar-refractivity contribution in [1.29, 1.82) is 0 Å². The van der Waals surface area contributed by atoms with Gasteiger partial charge in [-0.25, -0.2) is 0 Å². The third kappa shape index (κ3) is 5.74. The highest BCUT2D eigenvalue weighted by Crippen LogP contribution is 2.39. The predicted molar refractivity (Wildman–Crippen MR) is 150 cm³/mol. The standard InChI is InChI=1S/C29H32N2O4S.ClH/c1-33-26-19-22(6-11-25(26)34-17-16-30-13-2-3-14-30)31-15-12-21-18-27(36-28(21)29(31)32)20-4-7-23(8-5-20)35-24-9-10-24;/h4-8,11,18-19,24H,2-3,9-10,12-17H2,1H3;1H. The Morgan fingerprint density at radius 1 is 0.973 bits per heavy atom. The molecule has 196 valence electrons. The van der Waals surface area contributed by atoms with E-state index in [1.807, 2.05) is 35.2 Å². The Labute approximate surface area is 228 Å². The van der Waals surface area contributed by atoms with E-state index < -0.39 is 0 Å². The number of nitrogens with zero attached hydrogens (tertiary/aromatic N) is 2. The van der Waals surface area contributed by atoms with Gasteiger partial charge in [0.15, 0.2) is 11.5 Å². The number of thiophene rings is 1. The molecule has 37 heavy (non-hydrogen) atoms. The highest BCUT2D eigenvalue weighted by molar-refractivity contribution is 7.17. The lowest BCUT2D eigenvalue weighted by Gasteiger charge is -2.27. The number of carbonyl (C=O) groups excluding carboxylic acids is 1. The quantitative estimate of drug-likeness (QED) is 0.330. The molecule has 0 atom stereocenters.